The summed E-state index contributed by atoms with van der Waals surface area (Å²) >= 11 is 0. The summed E-state index contributed by atoms with van der Waals surface area (Å²) in [5.74, 6) is 0.783. The van der Waals surface area contributed by atoms with E-state index in [0.29, 0.717) is 36.1 Å². The van der Waals surface area contributed by atoms with E-state index in [4.69, 9.17) is 4.74 Å². The summed E-state index contributed by atoms with van der Waals surface area (Å²) in [4.78, 5) is 40.0. The van der Waals surface area contributed by atoms with Gasteiger partial charge < -0.3 is 30.7 Å². The van der Waals surface area contributed by atoms with Crippen molar-refractivity contribution in [1.82, 2.24) is 19.9 Å². The molecule has 4 aromatic rings. The molecule has 32 heavy (non-hydrogen) atoms. The Kier molecular flexibility index (Phi) is 4.74. The van der Waals surface area contributed by atoms with Crippen LogP contribution in [0.15, 0.2) is 41.5 Å². The smallest absolute Gasteiger partial charge is 0.263 e. The lowest BCUT2D eigenvalue weighted by Gasteiger charge is -2.22. The number of hydrogen-bond acceptors (Lipinski definition) is 7. The van der Waals surface area contributed by atoms with Crippen LogP contribution in [0, 0.1) is 13.8 Å². The van der Waals surface area contributed by atoms with E-state index in [9.17, 15) is 9.59 Å². The molecule has 0 saturated heterocycles. The maximum absolute atomic E-state index is 13.1. The third-order valence-electron chi connectivity index (χ3n) is 5.26. The Hall–Kier alpha value is -4.34. The van der Waals surface area contributed by atoms with Crippen molar-refractivity contribution in [3.05, 3.63) is 64.0 Å². The number of anilines is 4. The zero-order valence-corrected chi connectivity index (χ0v) is 17.5. The maximum Gasteiger partial charge on any atom is 0.263 e. The molecule has 4 heterocycles. The number of aromatic nitrogens is 4. The predicted molar refractivity (Wildman–Crippen MR) is 122 cm³/mol. The lowest BCUT2D eigenvalue weighted by molar-refractivity contribution is 0.102. The molecule has 1 aliphatic rings. The van der Waals surface area contributed by atoms with Crippen LogP contribution in [-0.4, -0.2) is 39.0 Å². The van der Waals surface area contributed by atoms with Gasteiger partial charge in [0.05, 0.1) is 28.6 Å². The van der Waals surface area contributed by atoms with Gasteiger partial charge in [-0.3, -0.25) is 9.59 Å². The average molecular weight is 431 g/mol. The fourth-order valence-corrected chi connectivity index (χ4v) is 3.71. The number of aromatic amines is 2. The number of nitrogens with zero attached hydrogens (tertiary/aromatic N) is 2. The highest BCUT2D eigenvalue weighted by atomic mass is 16.5. The van der Waals surface area contributed by atoms with Crippen molar-refractivity contribution in [2.75, 3.05) is 29.1 Å². The number of imidazole rings is 1. The average Bonchev–Trinajstić information content (AvgIpc) is 3.15. The SMILES string of the molecule is Cc1nc2ccc(NC(=O)c3c(Nc4cnc5c(c4C)NCCO5)cc[nH]c3=O)cc2[nH]1. The molecule has 0 bridgehead atoms. The summed E-state index contributed by atoms with van der Waals surface area (Å²) in [6, 6.07) is 6.97. The van der Waals surface area contributed by atoms with E-state index >= 15 is 0 Å². The Labute approximate surface area is 182 Å². The largest absolute Gasteiger partial charge is 0.474 e. The summed E-state index contributed by atoms with van der Waals surface area (Å²) in [5, 5.41) is 9.24. The standard InChI is InChI=1S/C22H21N7O3/c1-11-17(10-25-22-19(11)23-7-8-32-22)29-15-5-6-24-20(30)18(15)21(31)28-13-3-4-14-16(9-13)27-12(2)26-14/h3-6,9-10,23H,7-8H2,1-2H3,(H,26,27)(H,28,31)(H2,24,29,30). The van der Waals surface area contributed by atoms with Gasteiger partial charge >= 0.3 is 0 Å². The first-order valence-corrected chi connectivity index (χ1v) is 10.1. The zero-order valence-electron chi connectivity index (χ0n) is 17.5. The van der Waals surface area contributed by atoms with Crippen molar-refractivity contribution in [2.45, 2.75) is 13.8 Å². The van der Waals surface area contributed by atoms with Gasteiger partial charge in [-0.15, -0.1) is 0 Å². The van der Waals surface area contributed by atoms with Crippen molar-refractivity contribution >= 4 is 39.7 Å². The molecular formula is C22H21N7O3. The number of nitrogens with one attached hydrogen (secondary N) is 5. The van der Waals surface area contributed by atoms with Gasteiger partial charge in [0.25, 0.3) is 11.5 Å². The van der Waals surface area contributed by atoms with Gasteiger partial charge in [0, 0.05) is 24.0 Å². The summed E-state index contributed by atoms with van der Waals surface area (Å²) in [5.41, 5.74) is 4.31. The molecule has 0 aliphatic carbocycles. The van der Waals surface area contributed by atoms with Crippen molar-refractivity contribution in [3.63, 3.8) is 0 Å². The minimum atomic E-state index is -0.532. The first-order valence-electron chi connectivity index (χ1n) is 10.1. The van der Waals surface area contributed by atoms with Gasteiger partial charge in [-0.05, 0) is 38.1 Å². The number of rotatable bonds is 4. The quantitative estimate of drug-likeness (QED) is 0.335. The molecule has 0 saturated carbocycles. The molecule has 10 nitrogen and oxygen atoms in total. The highest BCUT2D eigenvalue weighted by Gasteiger charge is 2.20. The van der Waals surface area contributed by atoms with Crippen molar-refractivity contribution in [2.24, 2.45) is 0 Å². The molecule has 0 unspecified atom stereocenters. The third kappa shape index (κ3) is 3.51. The van der Waals surface area contributed by atoms with E-state index in [1.165, 1.54) is 6.20 Å². The molecule has 5 rings (SSSR count). The van der Waals surface area contributed by atoms with Crippen LogP contribution in [0.3, 0.4) is 0 Å². The Morgan fingerprint density at radius 2 is 2.06 bits per heavy atom. The molecule has 3 aromatic heterocycles. The molecule has 0 radical (unpaired) electrons. The summed E-state index contributed by atoms with van der Waals surface area (Å²) in [6.07, 6.45) is 3.11. The summed E-state index contributed by atoms with van der Waals surface area (Å²) < 4.78 is 5.56. The van der Waals surface area contributed by atoms with Crippen molar-refractivity contribution in [3.8, 4) is 5.88 Å². The fourth-order valence-electron chi connectivity index (χ4n) is 3.71. The van der Waals surface area contributed by atoms with Crippen LogP contribution in [0.1, 0.15) is 21.7 Å². The first kappa shape index (κ1) is 19.6. The number of hydrogen-bond donors (Lipinski definition) is 5. The van der Waals surface area contributed by atoms with Crippen molar-refractivity contribution < 1.29 is 9.53 Å². The molecule has 0 spiro atoms. The Morgan fingerprint density at radius 1 is 1.19 bits per heavy atom. The van der Waals surface area contributed by atoms with Crippen LogP contribution in [0.2, 0.25) is 0 Å². The molecule has 1 aliphatic heterocycles. The van der Waals surface area contributed by atoms with Crippen molar-refractivity contribution in [1.29, 1.82) is 0 Å². The number of fused-ring (bicyclic) bond motifs is 2. The minimum Gasteiger partial charge on any atom is -0.474 e. The van der Waals surface area contributed by atoms with Gasteiger partial charge in [-0.1, -0.05) is 0 Å². The molecule has 0 fully saturated rings. The topological polar surface area (TPSA) is 137 Å². The fraction of sp³-hybridized carbons (Fsp3) is 0.182. The Balaban J connectivity index is 1.46. The van der Waals surface area contributed by atoms with Crippen LogP contribution in [0.4, 0.5) is 22.7 Å². The number of ether oxygens (including phenoxy) is 1. The van der Waals surface area contributed by atoms with Gasteiger partial charge in [0.15, 0.2) is 0 Å². The number of aryl methyl sites for hydroxylation is 1. The van der Waals surface area contributed by atoms with Gasteiger partial charge in [0.2, 0.25) is 5.88 Å². The second-order valence-electron chi connectivity index (χ2n) is 7.48. The van der Waals surface area contributed by atoms with E-state index in [1.54, 1.807) is 30.5 Å². The Bertz CT molecular complexity index is 1410. The van der Waals surface area contributed by atoms with E-state index in [0.717, 1.165) is 28.1 Å². The zero-order chi connectivity index (χ0) is 22.2. The van der Waals surface area contributed by atoms with Gasteiger partial charge in [0.1, 0.15) is 23.7 Å². The second kappa shape index (κ2) is 7.73. The van der Waals surface area contributed by atoms with Crippen LogP contribution in [-0.2, 0) is 0 Å². The van der Waals surface area contributed by atoms with Crippen LogP contribution in [0.5, 0.6) is 5.88 Å². The second-order valence-corrected chi connectivity index (χ2v) is 7.48. The molecule has 10 heteroatoms. The van der Waals surface area contributed by atoms with Gasteiger partial charge in [-0.25, -0.2) is 9.97 Å². The maximum atomic E-state index is 13.1. The van der Waals surface area contributed by atoms with E-state index in [2.05, 4.69) is 35.9 Å². The lowest BCUT2D eigenvalue weighted by Crippen LogP contribution is -2.25. The number of benzene rings is 1. The molecule has 5 N–H and O–H groups in total. The van der Waals surface area contributed by atoms with E-state index < -0.39 is 11.5 Å². The Morgan fingerprint density at radius 3 is 2.94 bits per heavy atom. The molecular weight excluding hydrogens is 410 g/mol. The normalized spacial score (nSPS) is 12.6. The van der Waals surface area contributed by atoms with E-state index in [-0.39, 0.29) is 5.56 Å². The van der Waals surface area contributed by atoms with Crippen LogP contribution in [0.25, 0.3) is 11.0 Å². The summed E-state index contributed by atoms with van der Waals surface area (Å²) in [7, 11) is 0. The number of carbonyl (C=O) groups excluding carboxylic acids is 1. The highest BCUT2D eigenvalue weighted by Crippen LogP contribution is 2.34. The van der Waals surface area contributed by atoms with Crippen LogP contribution >= 0.6 is 0 Å². The highest BCUT2D eigenvalue weighted by molar-refractivity contribution is 6.08. The number of amides is 1. The minimum absolute atomic E-state index is 0.0327. The lowest BCUT2D eigenvalue weighted by atomic mass is 10.1. The van der Waals surface area contributed by atoms with E-state index in [1.807, 2.05) is 13.8 Å². The molecule has 162 valence electrons. The number of pyridine rings is 2. The monoisotopic (exact) mass is 431 g/mol. The summed E-state index contributed by atoms with van der Waals surface area (Å²) in [6.45, 7) is 5.00. The predicted octanol–water partition coefficient (Wildman–Crippen LogP) is 3.06. The molecule has 0 atom stereocenters. The van der Waals surface area contributed by atoms with Gasteiger partial charge in [-0.2, -0.15) is 0 Å². The number of carbonyl (C=O) groups is 1. The first-order chi connectivity index (χ1) is 15.5. The molecule has 1 amide bonds. The van der Waals surface area contributed by atoms with Crippen LogP contribution < -0.4 is 26.2 Å². The molecule has 1 aromatic carbocycles. The third-order valence-corrected chi connectivity index (χ3v) is 5.26. The number of H-pyrrole nitrogens is 2.